The van der Waals surface area contributed by atoms with Gasteiger partial charge in [0, 0.05) is 5.69 Å². The first-order valence-corrected chi connectivity index (χ1v) is 5.76. The topological polar surface area (TPSA) is 70.7 Å². The summed E-state index contributed by atoms with van der Waals surface area (Å²) in [7, 11) is 0. The molecule has 7 heteroatoms. The summed E-state index contributed by atoms with van der Waals surface area (Å²) in [5, 5.41) is 9.44. The zero-order chi connectivity index (χ0) is 12.1. The van der Waals surface area contributed by atoms with Crippen molar-refractivity contribution >= 4 is 23.4 Å². The van der Waals surface area contributed by atoms with E-state index in [1.165, 1.54) is 36.3 Å². The number of thioether (sulfide) groups is 1. The summed E-state index contributed by atoms with van der Waals surface area (Å²) in [4.78, 5) is 15.4. The van der Waals surface area contributed by atoms with E-state index in [1.54, 1.807) is 6.07 Å². The normalized spacial score (nSPS) is 10.2. The maximum absolute atomic E-state index is 12.8. The predicted octanol–water partition coefficient (Wildman–Crippen LogP) is 1.67. The lowest BCUT2D eigenvalue weighted by Gasteiger charge is -2.03. The number of aromatic amines is 1. The highest BCUT2D eigenvalue weighted by Crippen LogP contribution is 2.13. The first-order valence-electron chi connectivity index (χ1n) is 4.77. The maximum atomic E-state index is 12.8. The lowest BCUT2D eigenvalue weighted by molar-refractivity contribution is -0.113. The monoisotopic (exact) mass is 252 g/mol. The van der Waals surface area contributed by atoms with Crippen LogP contribution in [0.2, 0.25) is 0 Å². The Morgan fingerprint density at radius 3 is 3.12 bits per heavy atom. The Hall–Kier alpha value is -1.89. The van der Waals surface area contributed by atoms with Crippen LogP contribution in [0.5, 0.6) is 0 Å². The van der Waals surface area contributed by atoms with Gasteiger partial charge in [-0.05, 0) is 18.2 Å². The SMILES string of the molecule is O=C(CSc1ncn[nH]1)Nc1cccc(F)c1. The minimum Gasteiger partial charge on any atom is -0.325 e. The maximum Gasteiger partial charge on any atom is 0.234 e. The quantitative estimate of drug-likeness (QED) is 0.812. The second-order valence-corrected chi connectivity index (χ2v) is 4.10. The molecule has 0 atom stereocenters. The van der Waals surface area contributed by atoms with Crippen molar-refractivity contribution in [1.29, 1.82) is 0 Å². The largest absolute Gasteiger partial charge is 0.325 e. The number of carbonyl (C=O) groups is 1. The second-order valence-electron chi connectivity index (χ2n) is 3.14. The molecule has 1 aromatic heterocycles. The van der Waals surface area contributed by atoms with E-state index in [1.807, 2.05) is 0 Å². The van der Waals surface area contributed by atoms with E-state index < -0.39 is 0 Å². The number of halogens is 1. The zero-order valence-corrected chi connectivity index (χ0v) is 9.50. The average molecular weight is 252 g/mol. The number of anilines is 1. The van der Waals surface area contributed by atoms with Gasteiger partial charge in [0.1, 0.15) is 12.1 Å². The van der Waals surface area contributed by atoms with E-state index >= 15 is 0 Å². The molecule has 17 heavy (non-hydrogen) atoms. The molecule has 0 saturated heterocycles. The molecule has 2 aromatic rings. The summed E-state index contributed by atoms with van der Waals surface area (Å²) in [5.74, 6) is -0.422. The fourth-order valence-electron chi connectivity index (χ4n) is 1.16. The summed E-state index contributed by atoms with van der Waals surface area (Å²) >= 11 is 1.22. The van der Waals surface area contributed by atoms with Crippen molar-refractivity contribution in [3.8, 4) is 0 Å². The molecule has 0 aliphatic heterocycles. The van der Waals surface area contributed by atoms with Gasteiger partial charge in [-0.25, -0.2) is 9.37 Å². The molecule has 5 nitrogen and oxygen atoms in total. The highest BCUT2D eigenvalue weighted by molar-refractivity contribution is 7.99. The van der Waals surface area contributed by atoms with Crippen molar-refractivity contribution in [2.75, 3.05) is 11.1 Å². The highest BCUT2D eigenvalue weighted by atomic mass is 32.2. The number of hydrogen-bond acceptors (Lipinski definition) is 4. The Balaban J connectivity index is 1.85. The fourth-order valence-corrected chi connectivity index (χ4v) is 1.74. The van der Waals surface area contributed by atoms with Crippen molar-refractivity contribution in [3.63, 3.8) is 0 Å². The molecule has 0 aliphatic rings. The number of nitrogens with one attached hydrogen (secondary N) is 2. The molecule has 1 aromatic carbocycles. The number of aromatic nitrogens is 3. The Kier molecular flexibility index (Phi) is 3.71. The van der Waals surface area contributed by atoms with E-state index in [0.29, 0.717) is 10.8 Å². The van der Waals surface area contributed by atoms with Gasteiger partial charge in [0.15, 0.2) is 5.16 Å². The number of H-pyrrole nitrogens is 1. The first kappa shape index (κ1) is 11.6. The lowest BCUT2D eigenvalue weighted by Crippen LogP contribution is -2.14. The van der Waals surface area contributed by atoms with Gasteiger partial charge in [0.05, 0.1) is 5.75 Å². The van der Waals surface area contributed by atoms with E-state index in [2.05, 4.69) is 20.5 Å². The molecular formula is C10H9FN4OS. The van der Waals surface area contributed by atoms with Gasteiger partial charge in [-0.15, -0.1) is 0 Å². The molecule has 0 spiro atoms. The van der Waals surface area contributed by atoms with Gasteiger partial charge in [0.2, 0.25) is 5.91 Å². The van der Waals surface area contributed by atoms with Crippen LogP contribution in [-0.4, -0.2) is 26.8 Å². The summed E-state index contributed by atoms with van der Waals surface area (Å²) in [6.45, 7) is 0. The minimum absolute atomic E-state index is 0.186. The van der Waals surface area contributed by atoms with E-state index in [-0.39, 0.29) is 17.5 Å². The van der Waals surface area contributed by atoms with Crippen LogP contribution in [0.3, 0.4) is 0 Å². The number of rotatable bonds is 4. The molecule has 0 bridgehead atoms. The number of benzene rings is 1. The number of amides is 1. The Labute approximate surface area is 101 Å². The fraction of sp³-hybridized carbons (Fsp3) is 0.100. The summed E-state index contributed by atoms with van der Waals surface area (Å²) in [5.41, 5.74) is 0.438. The van der Waals surface area contributed by atoms with Gasteiger partial charge < -0.3 is 5.32 Å². The molecule has 2 rings (SSSR count). The molecule has 1 amide bonds. The standard InChI is InChI=1S/C10H9FN4OS/c11-7-2-1-3-8(4-7)14-9(16)5-17-10-12-6-13-15-10/h1-4,6H,5H2,(H,14,16)(H,12,13,15). The third kappa shape index (κ3) is 3.56. The number of carbonyl (C=O) groups excluding carboxylic acids is 1. The molecule has 1 heterocycles. The number of nitrogens with zero attached hydrogens (tertiary/aromatic N) is 2. The van der Waals surface area contributed by atoms with Crippen LogP contribution < -0.4 is 5.32 Å². The Morgan fingerprint density at radius 1 is 1.53 bits per heavy atom. The van der Waals surface area contributed by atoms with Crippen molar-refractivity contribution in [3.05, 3.63) is 36.4 Å². The molecule has 0 unspecified atom stereocenters. The zero-order valence-electron chi connectivity index (χ0n) is 8.68. The first-order chi connectivity index (χ1) is 8.24. The molecule has 0 aliphatic carbocycles. The van der Waals surface area contributed by atoms with Gasteiger partial charge in [-0.1, -0.05) is 17.8 Å². The van der Waals surface area contributed by atoms with Crippen LogP contribution in [0.4, 0.5) is 10.1 Å². The lowest BCUT2D eigenvalue weighted by atomic mass is 10.3. The molecule has 0 fully saturated rings. The average Bonchev–Trinajstić information content (AvgIpc) is 2.79. The molecule has 2 N–H and O–H groups in total. The van der Waals surface area contributed by atoms with Crippen molar-refractivity contribution in [2.45, 2.75) is 5.16 Å². The van der Waals surface area contributed by atoms with Crippen molar-refractivity contribution < 1.29 is 9.18 Å². The van der Waals surface area contributed by atoms with Crippen LogP contribution in [-0.2, 0) is 4.79 Å². The summed E-state index contributed by atoms with van der Waals surface area (Å²) in [6, 6.07) is 5.74. The van der Waals surface area contributed by atoms with Gasteiger partial charge >= 0.3 is 0 Å². The number of hydrogen-bond donors (Lipinski definition) is 2. The minimum atomic E-state index is -0.384. The van der Waals surface area contributed by atoms with E-state index in [9.17, 15) is 9.18 Å². The van der Waals surface area contributed by atoms with Crippen LogP contribution in [0.15, 0.2) is 35.7 Å². The van der Waals surface area contributed by atoms with Crippen LogP contribution >= 0.6 is 11.8 Å². The van der Waals surface area contributed by atoms with Gasteiger partial charge in [-0.3, -0.25) is 9.89 Å². The smallest absolute Gasteiger partial charge is 0.234 e. The molecular weight excluding hydrogens is 243 g/mol. The Bertz CT molecular complexity index is 503. The third-order valence-electron chi connectivity index (χ3n) is 1.84. The van der Waals surface area contributed by atoms with E-state index in [0.717, 1.165) is 0 Å². The van der Waals surface area contributed by atoms with Crippen molar-refractivity contribution in [2.24, 2.45) is 0 Å². The molecule has 0 radical (unpaired) electrons. The molecule has 88 valence electrons. The molecule has 0 saturated carbocycles. The van der Waals surface area contributed by atoms with Crippen LogP contribution in [0, 0.1) is 5.82 Å². The van der Waals surface area contributed by atoms with Crippen LogP contribution in [0.1, 0.15) is 0 Å². The second kappa shape index (κ2) is 5.44. The van der Waals surface area contributed by atoms with Crippen molar-refractivity contribution in [1.82, 2.24) is 15.2 Å². The van der Waals surface area contributed by atoms with Gasteiger partial charge in [-0.2, -0.15) is 5.10 Å². The highest BCUT2D eigenvalue weighted by Gasteiger charge is 2.05. The van der Waals surface area contributed by atoms with E-state index in [4.69, 9.17) is 0 Å². The van der Waals surface area contributed by atoms with Crippen LogP contribution in [0.25, 0.3) is 0 Å². The summed E-state index contributed by atoms with van der Waals surface area (Å²) < 4.78 is 12.8. The third-order valence-corrected chi connectivity index (χ3v) is 2.72. The summed E-state index contributed by atoms with van der Waals surface area (Å²) in [6.07, 6.45) is 1.37. The Morgan fingerprint density at radius 2 is 2.41 bits per heavy atom. The van der Waals surface area contributed by atoms with Gasteiger partial charge in [0.25, 0.3) is 0 Å². The predicted molar refractivity (Wildman–Crippen MR) is 62.1 cm³/mol.